The fourth-order valence-electron chi connectivity index (χ4n) is 1.21. The number of nitrogens with zero attached hydrogens (tertiary/aromatic N) is 2. The lowest BCUT2D eigenvalue weighted by atomic mass is 10.3. The van der Waals surface area contributed by atoms with Gasteiger partial charge in [0, 0.05) is 25.4 Å². The molecule has 1 rings (SSSR count). The summed E-state index contributed by atoms with van der Waals surface area (Å²) in [6.45, 7) is 2.55. The highest BCUT2D eigenvalue weighted by Crippen LogP contribution is 1.89. The number of esters is 1. The predicted octanol–water partition coefficient (Wildman–Crippen LogP) is 0.426. The van der Waals surface area contributed by atoms with Crippen LogP contribution in [0.2, 0.25) is 0 Å². The maximum absolute atomic E-state index is 10.8. The van der Waals surface area contributed by atoms with Crippen molar-refractivity contribution in [2.75, 3.05) is 20.2 Å². The summed E-state index contributed by atoms with van der Waals surface area (Å²) in [6.07, 6.45) is 4.98. The molecule has 0 amide bonds. The molecule has 84 valence electrons. The van der Waals surface area contributed by atoms with E-state index in [9.17, 15) is 4.79 Å². The van der Waals surface area contributed by atoms with Crippen molar-refractivity contribution in [1.82, 2.24) is 15.1 Å². The standard InChI is InChI=1S/C10H17N3O2/c1-15-10(14)4-2-5-11-7-9-13-8-3-6-12-13/h3,6,8,11H,2,4-5,7,9H2,1H3. The normalized spacial score (nSPS) is 10.2. The van der Waals surface area contributed by atoms with Crippen molar-refractivity contribution in [3.8, 4) is 0 Å². The second kappa shape index (κ2) is 7.00. The van der Waals surface area contributed by atoms with Crippen LogP contribution in [-0.4, -0.2) is 35.9 Å². The SMILES string of the molecule is COC(=O)CCCNCCn1cccn1. The van der Waals surface area contributed by atoms with Gasteiger partial charge in [-0.1, -0.05) is 0 Å². The van der Waals surface area contributed by atoms with E-state index in [2.05, 4.69) is 15.2 Å². The van der Waals surface area contributed by atoms with Crippen LogP contribution in [0.3, 0.4) is 0 Å². The first kappa shape index (κ1) is 11.7. The highest BCUT2D eigenvalue weighted by Gasteiger charge is 1.98. The van der Waals surface area contributed by atoms with Crippen molar-refractivity contribution in [3.05, 3.63) is 18.5 Å². The first-order chi connectivity index (χ1) is 7.33. The molecule has 0 aliphatic carbocycles. The molecule has 0 aromatic carbocycles. The zero-order valence-corrected chi connectivity index (χ0v) is 8.98. The van der Waals surface area contributed by atoms with Crippen molar-refractivity contribution < 1.29 is 9.53 Å². The van der Waals surface area contributed by atoms with Gasteiger partial charge in [0.1, 0.15) is 0 Å². The number of rotatable bonds is 7. The molecule has 0 bridgehead atoms. The Bertz CT molecular complexity index is 272. The number of hydrogen-bond donors (Lipinski definition) is 1. The third-order valence-electron chi connectivity index (χ3n) is 2.04. The Kier molecular flexibility index (Phi) is 5.47. The van der Waals surface area contributed by atoms with Gasteiger partial charge in [-0.15, -0.1) is 0 Å². The minimum absolute atomic E-state index is 0.149. The quantitative estimate of drug-likeness (QED) is 0.525. The lowest BCUT2D eigenvalue weighted by molar-refractivity contribution is -0.140. The van der Waals surface area contributed by atoms with Crippen LogP contribution in [0.15, 0.2) is 18.5 Å². The first-order valence-electron chi connectivity index (χ1n) is 5.08. The molecule has 5 nitrogen and oxygen atoms in total. The largest absolute Gasteiger partial charge is 0.469 e. The molecule has 0 spiro atoms. The summed E-state index contributed by atoms with van der Waals surface area (Å²) in [5.74, 6) is -0.149. The Labute approximate surface area is 89.4 Å². The smallest absolute Gasteiger partial charge is 0.305 e. The molecule has 0 saturated carbocycles. The number of methoxy groups -OCH3 is 1. The maximum Gasteiger partial charge on any atom is 0.305 e. The van der Waals surface area contributed by atoms with Crippen LogP contribution in [0.25, 0.3) is 0 Å². The molecule has 0 unspecified atom stereocenters. The fourth-order valence-corrected chi connectivity index (χ4v) is 1.21. The zero-order valence-electron chi connectivity index (χ0n) is 8.98. The summed E-state index contributed by atoms with van der Waals surface area (Å²) < 4.78 is 6.40. The third kappa shape index (κ3) is 5.17. The molecule has 1 aromatic heterocycles. The van der Waals surface area contributed by atoms with E-state index >= 15 is 0 Å². The Morgan fingerprint density at radius 2 is 2.40 bits per heavy atom. The molecular weight excluding hydrogens is 194 g/mol. The first-order valence-corrected chi connectivity index (χ1v) is 5.08. The van der Waals surface area contributed by atoms with Crippen LogP contribution in [0.5, 0.6) is 0 Å². The van der Waals surface area contributed by atoms with Gasteiger partial charge in [-0.25, -0.2) is 0 Å². The predicted molar refractivity (Wildman–Crippen MR) is 56.3 cm³/mol. The number of hydrogen-bond acceptors (Lipinski definition) is 4. The van der Waals surface area contributed by atoms with Crippen LogP contribution in [0.4, 0.5) is 0 Å². The van der Waals surface area contributed by atoms with E-state index in [1.165, 1.54) is 7.11 Å². The van der Waals surface area contributed by atoms with E-state index < -0.39 is 0 Å². The molecule has 0 saturated heterocycles. The average Bonchev–Trinajstić information content (AvgIpc) is 2.75. The van der Waals surface area contributed by atoms with Gasteiger partial charge in [-0.05, 0) is 19.0 Å². The van der Waals surface area contributed by atoms with Crippen molar-refractivity contribution in [2.24, 2.45) is 0 Å². The van der Waals surface area contributed by atoms with Gasteiger partial charge in [0.15, 0.2) is 0 Å². The topological polar surface area (TPSA) is 56.1 Å². The molecule has 5 heteroatoms. The second-order valence-electron chi connectivity index (χ2n) is 3.20. The monoisotopic (exact) mass is 211 g/mol. The summed E-state index contributed by atoms with van der Waals surface area (Å²) in [5, 5.41) is 7.31. The summed E-state index contributed by atoms with van der Waals surface area (Å²) in [6, 6.07) is 1.90. The highest BCUT2D eigenvalue weighted by atomic mass is 16.5. The molecule has 1 N–H and O–H groups in total. The van der Waals surface area contributed by atoms with Gasteiger partial charge in [0.05, 0.1) is 13.7 Å². The maximum atomic E-state index is 10.8. The Hall–Kier alpha value is -1.36. The second-order valence-corrected chi connectivity index (χ2v) is 3.20. The molecule has 0 radical (unpaired) electrons. The summed E-state index contributed by atoms with van der Waals surface area (Å²) in [5.41, 5.74) is 0. The number of aromatic nitrogens is 2. The summed E-state index contributed by atoms with van der Waals surface area (Å²) >= 11 is 0. The van der Waals surface area contributed by atoms with Crippen LogP contribution in [0.1, 0.15) is 12.8 Å². The van der Waals surface area contributed by atoms with Gasteiger partial charge in [-0.3, -0.25) is 9.48 Å². The van der Waals surface area contributed by atoms with E-state index in [0.29, 0.717) is 6.42 Å². The van der Waals surface area contributed by atoms with E-state index in [4.69, 9.17) is 0 Å². The molecule has 0 atom stereocenters. The van der Waals surface area contributed by atoms with Crippen molar-refractivity contribution in [2.45, 2.75) is 19.4 Å². The average molecular weight is 211 g/mol. The lowest BCUT2D eigenvalue weighted by Crippen LogP contribution is -2.21. The van der Waals surface area contributed by atoms with Gasteiger partial charge >= 0.3 is 5.97 Å². The van der Waals surface area contributed by atoms with Crippen LogP contribution in [-0.2, 0) is 16.1 Å². The number of carbonyl (C=O) groups is 1. The molecule has 1 aromatic rings. The van der Waals surface area contributed by atoms with Crippen molar-refractivity contribution in [3.63, 3.8) is 0 Å². The van der Waals surface area contributed by atoms with Gasteiger partial charge in [0.25, 0.3) is 0 Å². The van der Waals surface area contributed by atoms with Gasteiger partial charge in [-0.2, -0.15) is 5.10 Å². The number of ether oxygens (including phenoxy) is 1. The van der Waals surface area contributed by atoms with Crippen molar-refractivity contribution in [1.29, 1.82) is 0 Å². The molecule has 0 aliphatic rings. The fraction of sp³-hybridized carbons (Fsp3) is 0.600. The third-order valence-corrected chi connectivity index (χ3v) is 2.04. The van der Waals surface area contributed by atoms with E-state index in [1.807, 2.05) is 16.9 Å². The summed E-state index contributed by atoms with van der Waals surface area (Å²) in [7, 11) is 1.41. The summed E-state index contributed by atoms with van der Waals surface area (Å²) in [4.78, 5) is 10.8. The van der Waals surface area contributed by atoms with Crippen molar-refractivity contribution >= 4 is 5.97 Å². The minimum atomic E-state index is -0.149. The number of nitrogens with one attached hydrogen (secondary N) is 1. The highest BCUT2D eigenvalue weighted by molar-refractivity contribution is 5.68. The van der Waals surface area contributed by atoms with Crippen LogP contribution >= 0.6 is 0 Å². The molecule has 1 heterocycles. The minimum Gasteiger partial charge on any atom is -0.469 e. The zero-order chi connectivity index (χ0) is 10.9. The Morgan fingerprint density at radius 1 is 1.53 bits per heavy atom. The molecule has 0 aliphatic heterocycles. The Balaban J connectivity index is 1.91. The molecular formula is C10H17N3O2. The van der Waals surface area contributed by atoms with Gasteiger partial charge in [0.2, 0.25) is 0 Å². The van der Waals surface area contributed by atoms with Crippen LogP contribution < -0.4 is 5.32 Å². The number of carbonyl (C=O) groups excluding carboxylic acids is 1. The lowest BCUT2D eigenvalue weighted by Gasteiger charge is -2.04. The van der Waals surface area contributed by atoms with Crippen LogP contribution in [0, 0.1) is 0 Å². The van der Waals surface area contributed by atoms with E-state index in [-0.39, 0.29) is 5.97 Å². The van der Waals surface area contributed by atoms with Gasteiger partial charge < -0.3 is 10.1 Å². The van der Waals surface area contributed by atoms with E-state index in [0.717, 1.165) is 26.1 Å². The van der Waals surface area contributed by atoms with E-state index in [1.54, 1.807) is 6.20 Å². The molecule has 15 heavy (non-hydrogen) atoms. The molecule has 0 fully saturated rings. The Morgan fingerprint density at radius 3 is 3.07 bits per heavy atom.